The molecule has 0 saturated heterocycles. The Morgan fingerprint density at radius 1 is 1.05 bits per heavy atom. The number of hydrogen-bond donors (Lipinski definition) is 1. The first-order valence-electron chi connectivity index (χ1n) is 13.0. The highest BCUT2D eigenvalue weighted by atomic mass is 35.5. The smallest absolute Gasteiger partial charge is 0.379 e. The summed E-state index contributed by atoms with van der Waals surface area (Å²) in [6, 6.07) is 23.4. The molecular weight excluding hydrogens is 594 g/mol. The summed E-state index contributed by atoms with van der Waals surface area (Å²) >= 11 is 12.3. The van der Waals surface area contributed by atoms with Crippen LogP contribution >= 0.6 is 23.2 Å². The number of rotatable bonds is 6. The number of aryl methyl sites for hydroxylation is 1. The Bertz CT molecular complexity index is 2000. The molecule has 1 aliphatic rings. The maximum absolute atomic E-state index is 13.7. The van der Waals surface area contributed by atoms with E-state index in [1.165, 1.54) is 24.3 Å². The average molecular weight is 615 g/mol. The molecule has 1 aliphatic heterocycles. The number of furan rings is 1. The van der Waals surface area contributed by atoms with E-state index in [1.807, 2.05) is 18.2 Å². The van der Waals surface area contributed by atoms with Crippen molar-refractivity contribution in [3.8, 4) is 23.3 Å². The van der Waals surface area contributed by atoms with E-state index in [2.05, 4.69) is 6.07 Å². The fraction of sp³-hybridized carbons (Fsp3) is 0.0909. The first-order chi connectivity index (χ1) is 20.7. The summed E-state index contributed by atoms with van der Waals surface area (Å²) < 4.78 is 36.7. The second-order valence-corrected chi connectivity index (χ2v) is 10.7. The lowest BCUT2D eigenvalue weighted by Crippen LogP contribution is -2.21. The quantitative estimate of drug-likeness (QED) is 0.152. The Morgan fingerprint density at radius 3 is 2.67 bits per heavy atom. The van der Waals surface area contributed by atoms with Crippen LogP contribution in [0.5, 0.6) is 17.2 Å². The molecule has 6 rings (SSSR count). The first kappa shape index (κ1) is 28.2. The van der Waals surface area contributed by atoms with Crippen molar-refractivity contribution in [2.24, 2.45) is 5.73 Å². The number of nitrogens with two attached hydrogens (primary N) is 1. The lowest BCUT2D eigenvalue weighted by Gasteiger charge is -2.27. The molecular formula is C33H21Cl2FN2O5. The number of hydrogen-bond acceptors (Lipinski definition) is 7. The highest BCUT2D eigenvalue weighted by Crippen LogP contribution is 2.44. The summed E-state index contributed by atoms with van der Waals surface area (Å²) in [4.78, 5) is 13.0. The Kier molecular flexibility index (Phi) is 7.45. The standard InChI is InChI=1S/C33H21Cl2FN2O5/c1-17-25-13-21(36)7-10-28(25)42-31(17)33(39)41-23-8-9-24-29(14-23)43-32(38)26(15-37)30(24)18-3-2-4-22(11-18)40-16-19-5-6-20(34)12-27(19)35/h2-14,30H,16,38H2,1H3. The second-order valence-electron chi connectivity index (χ2n) is 9.81. The number of ether oxygens (including phenoxy) is 3. The topological polar surface area (TPSA) is 108 Å². The summed E-state index contributed by atoms with van der Waals surface area (Å²) in [5, 5.41) is 11.5. The van der Waals surface area contributed by atoms with Gasteiger partial charge >= 0.3 is 5.97 Å². The maximum atomic E-state index is 13.7. The van der Waals surface area contributed by atoms with Crippen molar-refractivity contribution in [2.45, 2.75) is 19.4 Å². The summed E-state index contributed by atoms with van der Waals surface area (Å²) in [5.41, 5.74) is 9.36. The molecule has 2 N–H and O–H groups in total. The van der Waals surface area contributed by atoms with E-state index in [0.29, 0.717) is 43.6 Å². The number of nitriles is 1. The van der Waals surface area contributed by atoms with E-state index in [0.717, 1.165) is 11.1 Å². The summed E-state index contributed by atoms with van der Waals surface area (Å²) in [5.74, 6) is -0.852. The minimum Gasteiger partial charge on any atom is -0.489 e. The van der Waals surface area contributed by atoms with Gasteiger partial charge in [-0.05, 0) is 61.0 Å². The van der Waals surface area contributed by atoms with Crippen LogP contribution in [0.4, 0.5) is 4.39 Å². The van der Waals surface area contributed by atoms with E-state index in [9.17, 15) is 14.4 Å². The molecule has 10 heteroatoms. The monoisotopic (exact) mass is 614 g/mol. The van der Waals surface area contributed by atoms with Crippen molar-refractivity contribution < 1.29 is 27.8 Å². The molecule has 2 heterocycles. The maximum Gasteiger partial charge on any atom is 0.379 e. The van der Waals surface area contributed by atoms with E-state index < -0.39 is 17.7 Å². The lowest BCUT2D eigenvalue weighted by molar-refractivity contribution is 0.0702. The number of allylic oxidation sites excluding steroid dienone is 1. The van der Waals surface area contributed by atoms with Gasteiger partial charge in [0, 0.05) is 38.2 Å². The molecule has 0 spiro atoms. The van der Waals surface area contributed by atoms with Crippen LogP contribution < -0.4 is 19.9 Å². The summed E-state index contributed by atoms with van der Waals surface area (Å²) in [6.45, 7) is 1.86. The van der Waals surface area contributed by atoms with Crippen molar-refractivity contribution >= 4 is 40.1 Å². The molecule has 0 bridgehead atoms. The third-order valence-electron chi connectivity index (χ3n) is 7.09. The molecule has 7 nitrogen and oxygen atoms in total. The zero-order valence-electron chi connectivity index (χ0n) is 22.5. The van der Waals surface area contributed by atoms with Crippen LogP contribution in [0.1, 0.15) is 38.7 Å². The van der Waals surface area contributed by atoms with E-state index in [-0.39, 0.29) is 29.6 Å². The third-order valence-corrected chi connectivity index (χ3v) is 7.67. The van der Waals surface area contributed by atoms with Gasteiger partial charge in [0.25, 0.3) is 0 Å². The van der Waals surface area contributed by atoms with Gasteiger partial charge in [0.15, 0.2) is 0 Å². The molecule has 4 aromatic carbocycles. The van der Waals surface area contributed by atoms with Gasteiger partial charge < -0.3 is 24.4 Å². The number of benzene rings is 4. The Balaban J connectivity index is 1.27. The van der Waals surface area contributed by atoms with Gasteiger partial charge in [-0.25, -0.2) is 9.18 Å². The number of carbonyl (C=O) groups excluding carboxylic acids is 1. The highest BCUT2D eigenvalue weighted by Gasteiger charge is 2.31. The van der Waals surface area contributed by atoms with Crippen LogP contribution in [-0.4, -0.2) is 5.97 Å². The van der Waals surface area contributed by atoms with Gasteiger partial charge in [0.1, 0.15) is 46.9 Å². The number of esters is 1. The Hall–Kier alpha value is -4.97. The largest absolute Gasteiger partial charge is 0.489 e. The highest BCUT2D eigenvalue weighted by molar-refractivity contribution is 6.35. The number of carbonyl (C=O) groups is 1. The van der Waals surface area contributed by atoms with Crippen molar-refractivity contribution in [3.63, 3.8) is 0 Å². The molecule has 214 valence electrons. The van der Waals surface area contributed by atoms with Gasteiger partial charge in [0.05, 0.1) is 5.92 Å². The van der Waals surface area contributed by atoms with Crippen LogP contribution in [0, 0.1) is 24.1 Å². The van der Waals surface area contributed by atoms with Crippen LogP contribution in [0.25, 0.3) is 11.0 Å². The minimum absolute atomic E-state index is 0.0417. The molecule has 43 heavy (non-hydrogen) atoms. The average Bonchev–Trinajstić information content (AvgIpc) is 3.31. The molecule has 0 aliphatic carbocycles. The van der Waals surface area contributed by atoms with Crippen LogP contribution in [0.15, 0.2) is 94.7 Å². The van der Waals surface area contributed by atoms with E-state index in [4.69, 9.17) is 47.6 Å². The van der Waals surface area contributed by atoms with E-state index in [1.54, 1.807) is 43.3 Å². The second kappa shape index (κ2) is 11.4. The molecule has 0 saturated carbocycles. The SMILES string of the molecule is Cc1c(C(=O)Oc2ccc3c(c2)OC(N)=C(C#N)C3c2cccc(OCc3ccc(Cl)cc3Cl)c2)oc2ccc(F)cc12. The van der Waals surface area contributed by atoms with Crippen LogP contribution in [-0.2, 0) is 6.61 Å². The van der Waals surface area contributed by atoms with E-state index >= 15 is 0 Å². The molecule has 1 unspecified atom stereocenters. The summed E-state index contributed by atoms with van der Waals surface area (Å²) in [6.07, 6.45) is 0. The zero-order valence-corrected chi connectivity index (χ0v) is 24.0. The normalized spacial score (nSPS) is 14.2. The number of nitrogens with zero attached hydrogens (tertiary/aromatic N) is 1. The minimum atomic E-state index is -0.756. The van der Waals surface area contributed by atoms with Gasteiger partial charge in [-0.1, -0.05) is 47.5 Å². The third kappa shape index (κ3) is 5.48. The fourth-order valence-electron chi connectivity index (χ4n) is 4.97. The van der Waals surface area contributed by atoms with Crippen LogP contribution in [0.2, 0.25) is 10.0 Å². The van der Waals surface area contributed by atoms with Gasteiger partial charge in [0.2, 0.25) is 11.6 Å². The van der Waals surface area contributed by atoms with Crippen molar-refractivity contribution in [2.75, 3.05) is 0 Å². The van der Waals surface area contributed by atoms with Crippen molar-refractivity contribution in [1.82, 2.24) is 0 Å². The molecule has 1 aromatic heterocycles. The zero-order chi connectivity index (χ0) is 30.2. The molecule has 5 aromatic rings. The molecule has 0 amide bonds. The van der Waals surface area contributed by atoms with Crippen molar-refractivity contribution in [1.29, 1.82) is 5.26 Å². The fourth-order valence-corrected chi connectivity index (χ4v) is 5.43. The predicted octanol–water partition coefficient (Wildman–Crippen LogP) is 8.20. The van der Waals surface area contributed by atoms with Gasteiger partial charge in [-0.2, -0.15) is 5.26 Å². The van der Waals surface area contributed by atoms with Gasteiger partial charge in [-0.3, -0.25) is 0 Å². The van der Waals surface area contributed by atoms with Crippen LogP contribution in [0.3, 0.4) is 0 Å². The predicted molar refractivity (Wildman–Crippen MR) is 159 cm³/mol. The Labute approximate surface area is 255 Å². The molecule has 0 fully saturated rings. The number of fused-ring (bicyclic) bond motifs is 2. The summed E-state index contributed by atoms with van der Waals surface area (Å²) in [7, 11) is 0. The first-order valence-corrected chi connectivity index (χ1v) is 13.8. The van der Waals surface area contributed by atoms with Gasteiger partial charge in [-0.15, -0.1) is 0 Å². The Morgan fingerprint density at radius 2 is 1.88 bits per heavy atom. The van der Waals surface area contributed by atoms with Crippen molar-refractivity contribution in [3.05, 3.63) is 134 Å². The molecule has 1 atom stereocenters. The molecule has 0 radical (unpaired) electrons. The number of halogens is 3. The lowest BCUT2D eigenvalue weighted by atomic mass is 9.83.